The lowest BCUT2D eigenvalue weighted by Gasteiger charge is -2.21. The highest BCUT2D eigenvalue weighted by Crippen LogP contribution is 2.37. The Morgan fingerprint density at radius 3 is 2.95 bits per heavy atom. The highest BCUT2D eigenvalue weighted by molar-refractivity contribution is 7.08. The smallest absolute Gasteiger partial charge is 0.137 e. The number of methoxy groups -OCH3 is 1. The number of benzene rings is 1. The Morgan fingerprint density at radius 2 is 2.25 bits per heavy atom. The van der Waals surface area contributed by atoms with Crippen LogP contribution in [0.15, 0.2) is 29.0 Å². The summed E-state index contributed by atoms with van der Waals surface area (Å²) in [5, 5.41) is 5.10. The Balaban J connectivity index is 2.12. The van der Waals surface area contributed by atoms with Gasteiger partial charge in [-0.3, -0.25) is 0 Å². The minimum absolute atomic E-state index is 0.398. The van der Waals surface area contributed by atoms with Crippen molar-refractivity contribution in [2.24, 2.45) is 0 Å². The van der Waals surface area contributed by atoms with Gasteiger partial charge in [-0.2, -0.15) is 11.3 Å². The Bertz CT molecular complexity index is 597. The predicted octanol–water partition coefficient (Wildman–Crippen LogP) is 4.03. The molecule has 2 heterocycles. The predicted molar refractivity (Wildman–Crippen MR) is 85.4 cm³/mol. The molecule has 0 saturated heterocycles. The van der Waals surface area contributed by atoms with Gasteiger partial charge < -0.3 is 9.64 Å². The molecule has 20 heavy (non-hydrogen) atoms. The van der Waals surface area contributed by atoms with Gasteiger partial charge in [0.25, 0.3) is 0 Å². The summed E-state index contributed by atoms with van der Waals surface area (Å²) < 4.78 is 5.40. The lowest BCUT2D eigenvalue weighted by Crippen LogP contribution is -2.24. The number of hydrogen-bond donors (Lipinski definition) is 0. The van der Waals surface area contributed by atoms with Gasteiger partial charge in [0, 0.05) is 19.0 Å². The fraction of sp³-hybridized carbons (Fsp3) is 0.375. The van der Waals surface area contributed by atoms with Crippen molar-refractivity contribution in [2.45, 2.75) is 12.3 Å². The van der Waals surface area contributed by atoms with Crippen LogP contribution < -0.4 is 4.74 Å². The third-order valence-corrected chi connectivity index (χ3v) is 4.99. The molecule has 3 rings (SSSR count). The van der Waals surface area contributed by atoms with E-state index in [1.807, 2.05) is 0 Å². The Morgan fingerprint density at radius 1 is 1.40 bits per heavy atom. The van der Waals surface area contributed by atoms with Crippen molar-refractivity contribution in [3.63, 3.8) is 0 Å². The topological polar surface area (TPSA) is 12.5 Å². The number of halogens is 1. The van der Waals surface area contributed by atoms with Crippen LogP contribution in [0.2, 0.25) is 5.02 Å². The van der Waals surface area contributed by atoms with Gasteiger partial charge in [0.2, 0.25) is 0 Å². The van der Waals surface area contributed by atoms with E-state index in [-0.39, 0.29) is 0 Å². The first-order chi connectivity index (χ1) is 9.69. The number of thiophene rings is 1. The second-order valence-corrected chi connectivity index (χ2v) is 6.49. The standard InChI is InChI=1S/C16H18ClNOS/c1-18-5-3-11-7-15(17)16(19-2)8-13(11)14(9-18)12-4-6-20-10-12/h4,6-8,10,14H,3,5,9H2,1-2H3. The fourth-order valence-corrected chi connectivity index (χ4v) is 3.86. The molecular formula is C16H18ClNOS. The van der Waals surface area contributed by atoms with E-state index in [2.05, 4.69) is 40.9 Å². The molecule has 0 N–H and O–H groups in total. The number of likely N-dealkylation sites (N-methyl/N-ethyl adjacent to an activating group) is 1. The number of fused-ring (bicyclic) bond motifs is 1. The molecule has 0 saturated carbocycles. The van der Waals surface area contributed by atoms with Crippen molar-refractivity contribution in [3.8, 4) is 5.75 Å². The summed E-state index contributed by atoms with van der Waals surface area (Å²) >= 11 is 8.04. The summed E-state index contributed by atoms with van der Waals surface area (Å²) in [6.45, 7) is 2.10. The summed E-state index contributed by atoms with van der Waals surface area (Å²) in [5.74, 6) is 1.17. The maximum absolute atomic E-state index is 6.29. The van der Waals surface area contributed by atoms with Crippen LogP contribution in [0.5, 0.6) is 5.75 Å². The minimum Gasteiger partial charge on any atom is -0.495 e. The Labute approximate surface area is 128 Å². The zero-order valence-corrected chi connectivity index (χ0v) is 13.3. The van der Waals surface area contributed by atoms with Crippen molar-refractivity contribution in [3.05, 3.63) is 50.7 Å². The summed E-state index contributed by atoms with van der Waals surface area (Å²) in [5.41, 5.74) is 4.08. The van der Waals surface area contributed by atoms with E-state index in [9.17, 15) is 0 Å². The normalized spacial score (nSPS) is 19.4. The maximum Gasteiger partial charge on any atom is 0.137 e. The van der Waals surface area contributed by atoms with Crippen LogP contribution in [0.4, 0.5) is 0 Å². The average molecular weight is 308 g/mol. The average Bonchev–Trinajstić information content (AvgIpc) is 2.92. The zero-order chi connectivity index (χ0) is 14.1. The lowest BCUT2D eigenvalue weighted by molar-refractivity contribution is 0.338. The van der Waals surface area contributed by atoms with E-state index in [1.165, 1.54) is 16.7 Å². The molecule has 0 radical (unpaired) electrons. The van der Waals surface area contributed by atoms with E-state index in [1.54, 1.807) is 18.4 Å². The molecule has 1 aliphatic rings. The number of nitrogens with zero attached hydrogens (tertiary/aromatic N) is 1. The van der Waals surface area contributed by atoms with Crippen LogP contribution in [0.1, 0.15) is 22.6 Å². The molecule has 106 valence electrons. The van der Waals surface area contributed by atoms with Crippen LogP contribution in [0, 0.1) is 0 Å². The van der Waals surface area contributed by atoms with Crippen LogP contribution >= 0.6 is 22.9 Å². The summed E-state index contributed by atoms with van der Waals surface area (Å²) in [4.78, 5) is 2.39. The molecule has 1 aromatic heterocycles. The van der Waals surface area contributed by atoms with E-state index in [4.69, 9.17) is 16.3 Å². The van der Waals surface area contributed by atoms with Gasteiger partial charge in [0.05, 0.1) is 12.1 Å². The van der Waals surface area contributed by atoms with Gasteiger partial charge in [-0.1, -0.05) is 11.6 Å². The fourth-order valence-electron chi connectivity index (χ4n) is 2.88. The molecular weight excluding hydrogens is 290 g/mol. The Kier molecular flexibility index (Phi) is 4.01. The molecule has 1 aromatic carbocycles. The van der Waals surface area contributed by atoms with Crippen molar-refractivity contribution >= 4 is 22.9 Å². The third-order valence-electron chi connectivity index (χ3n) is 3.99. The van der Waals surface area contributed by atoms with Gasteiger partial charge in [0.15, 0.2) is 0 Å². The highest BCUT2D eigenvalue weighted by Gasteiger charge is 2.24. The largest absolute Gasteiger partial charge is 0.495 e. The van der Waals surface area contributed by atoms with Crippen molar-refractivity contribution < 1.29 is 4.74 Å². The molecule has 0 aliphatic carbocycles. The first-order valence-corrected chi connectivity index (χ1v) is 8.08. The first-order valence-electron chi connectivity index (χ1n) is 6.76. The van der Waals surface area contributed by atoms with Gasteiger partial charge in [0.1, 0.15) is 5.75 Å². The van der Waals surface area contributed by atoms with Gasteiger partial charge in [-0.15, -0.1) is 0 Å². The van der Waals surface area contributed by atoms with Crippen LogP contribution in [-0.4, -0.2) is 32.1 Å². The van der Waals surface area contributed by atoms with Crippen molar-refractivity contribution in [1.29, 1.82) is 0 Å². The quantitative estimate of drug-likeness (QED) is 0.830. The van der Waals surface area contributed by atoms with Crippen LogP contribution in [0.3, 0.4) is 0 Å². The van der Waals surface area contributed by atoms with Crippen molar-refractivity contribution in [2.75, 3.05) is 27.2 Å². The Hall–Kier alpha value is -1.03. The maximum atomic E-state index is 6.29. The van der Waals surface area contributed by atoms with E-state index in [0.29, 0.717) is 10.9 Å². The van der Waals surface area contributed by atoms with Crippen LogP contribution in [0.25, 0.3) is 0 Å². The molecule has 1 atom stereocenters. The number of ether oxygens (including phenoxy) is 1. The monoisotopic (exact) mass is 307 g/mol. The highest BCUT2D eigenvalue weighted by atomic mass is 35.5. The van der Waals surface area contributed by atoms with E-state index >= 15 is 0 Å². The number of hydrogen-bond acceptors (Lipinski definition) is 3. The molecule has 2 aromatic rings. The van der Waals surface area contributed by atoms with E-state index < -0.39 is 0 Å². The molecule has 0 spiro atoms. The van der Waals surface area contributed by atoms with Crippen molar-refractivity contribution in [1.82, 2.24) is 4.90 Å². The van der Waals surface area contributed by atoms with Crippen LogP contribution in [-0.2, 0) is 6.42 Å². The minimum atomic E-state index is 0.398. The van der Waals surface area contributed by atoms with Gasteiger partial charge in [-0.25, -0.2) is 0 Å². The molecule has 0 bridgehead atoms. The van der Waals surface area contributed by atoms with Gasteiger partial charge in [-0.05, 0) is 59.1 Å². The molecule has 2 nitrogen and oxygen atoms in total. The zero-order valence-electron chi connectivity index (χ0n) is 11.7. The van der Waals surface area contributed by atoms with E-state index in [0.717, 1.165) is 25.3 Å². The number of rotatable bonds is 2. The molecule has 4 heteroatoms. The molecule has 1 unspecified atom stereocenters. The summed E-state index contributed by atoms with van der Waals surface area (Å²) in [6, 6.07) is 6.42. The SMILES string of the molecule is COc1cc2c(cc1Cl)CCN(C)CC2c1ccsc1. The first kappa shape index (κ1) is 13.9. The second-order valence-electron chi connectivity index (χ2n) is 5.31. The molecule has 0 amide bonds. The summed E-state index contributed by atoms with van der Waals surface area (Å²) in [6.07, 6.45) is 1.04. The third kappa shape index (κ3) is 2.58. The lowest BCUT2D eigenvalue weighted by atomic mass is 9.89. The van der Waals surface area contributed by atoms with Gasteiger partial charge >= 0.3 is 0 Å². The molecule has 1 aliphatic heterocycles. The molecule has 0 fully saturated rings. The summed E-state index contributed by atoms with van der Waals surface area (Å²) in [7, 11) is 3.86. The second kappa shape index (κ2) is 5.76.